The minimum atomic E-state index is 0.503. The summed E-state index contributed by atoms with van der Waals surface area (Å²) in [5.41, 5.74) is 3.81. The Labute approximate surface area is 171 Å². The Balaban J connectivity index is 1.90. The van der Waals surface area contributed by atoms with Gasteiger partial charge in [0.15, 0.2) is 5.96 Å². The second kappa shape index (κ2) is 11.3. The SMILES string of the molecule is CN=C(NCc1ccc(N(C)C)cc1C)NCC(CC(C)C)N1CCOCC1. The van der Waals surface area contributed by atoms with Crippen LogP contribution in [0.3, 0.4) is 0 Å². The molecule has 2 N–H and O–H groups in total. The minimum Gasteiger partial charge on any atom is -0.379 e. The van der Waals surface area contributed by atoms with Crippen LogP contribution in [0.25, 0.3) is 0 Å². The number of aliphatic imine (C=N–C) groups is 1. The zero-order chi connectivity index (χ0) is 20.5. The Morgan fingerprint density at radius 1 is 1.21 bits per heavy atom. The highest BCUT2D eigenvalue weighted by molar-refractivity contribution is 5.79. The molecular formula is C22H39N5O. The van der Waals surface area contributed by atoms with Crippen LogP contribution in [-0.2, 0) is 11.3 Å². The number of hydrogen-bond donors (Lipinski definition) is 2. The Bertz CT molecular complexity index is 623. The molecule has 0 bridgehead atoms. The monoisotopic (exact) mass is 389 g/mol. The predicted octanol–water partition coefficient (Wildman–Crippen LogP) is 2.47. The maximum Gasteiger partial charge on any atom is 0.191 e. The fourth-order valence-corrected chi connectivity index (χ4v) is 3.62. The van der Waals surface area contributed by atoms with Crippen LogP contribution in [0.15, 0.2) is 23.2 Å². The fourth-order valence-electron chi connectivity index (χ4n) is 3.62. The summed E-state index contributed by atoms with van der Waals surface area (Å²) in [5.74, 6) is 1.53. The Morgan fingerprint density at radius 3 is 2.50 bits per heavy atom. The summed E-state index contributed by atoms with van der Waals surface area (Å²) < 4.78 is 5.52. The number of aryl methyl sites for hydroxylation is 1. The molecule has 6 heteroatoms. The van der Waals surface area contributed by atoms with E-state index in [9.17, 15) is 0 Å². The molecule has 0 aromatic heterocycles. The van der Waals surface area contributed by atoms with Crippen LogP contribution >= 0.6 is 0 Å². The van der Waals surface area contributed by atoms with E-state index in [-0.39, 0.29) is 0 Å². The first-order valence-corrected chi connectivity index (χ1v) is 10.4. The molecule has 1 aromatic rings. The number of hydrogen-bond acceptors (Lipinski definition) is 4. The number of anilines is 1. The predicted molar refractivity (Wildman–Crippen MR) is 119 cm³/mol. The lowest BCUT2D eigenvalue weighted by Gasteiger charge is -2.35. The molecule has 1 aliphatic heterocycles. The van der Waals surface area contributed by atoms with Gasteiger partial charge in [-0.05, 0) is 42.5 Å². The molecule has 1 atom stereocenters. The molecule has 0 radical (unpaired) electrons. The molecule has 0 saturated carbocycles. The maximum absolute atomic E-state index is 5.52. The van der Waals surface area contributed by atoms with E-state index in [4.69, 9.17) is 4.74 Å². The molecular weight excluding hydrogens is 350 g/mol. The van der Waals surface area contributed by atoms with Crippen molar-refractivity contribution in [2.45, 2.75) is 39.8 Å². The molecule has 1 aromatic carbocycles. The second-order valence-corrected chi connectivity index (χ2v) is 8.24. The molecule has 1 aliphatic rings. The van der Waals surface area contributed by atoms with Crippen LogP contribution in [-0.4, -0.2) is 70.9 Å². The van der Waals surface area contributed by atoms with Crippen LogP contribution < -0.4 is 15.5 Å². The largest absolute Gasteiger partial charge is 0.379 e. The van der Waals surface area contributed by atoms with Crippen molar-refractivity contribution in [3.63, 3.8) is 0 Å². The molecule has 1 fully saturated rings. The number of nitrogens with one attached hydrogen (secondary N) is 2. The Kier molecular flexibility index (Phi) is 9.06. The highest BCUT2D eigenvalue weighted by Crippen LogP contribution is 2.17. The zero-order valence-corrected chi connectivity index (χ0v) is 18.6. The van der Waals surface area contributed by atoms with E-state index < -0.39 is 0 Å². The summed E-state index contributed by atoms with van der Waals surface area (Å²) >= 11 is 0. The molecule has 0 aliphatic carbocycles. The van der Waals surface area contributed by atoms with Crippen molar-refractivity contribution in [1.82, 2.24) is 15.5 Å². The van der Waals surface area contributed by atoms with E-state index in [1.165, 1.54) is 23.2 Å². The molecule has 0 spiro atoms. The van der Waals surface area contributed by atoms with Gasteiger partial charge in [-0.15, -0.1) is 0 Å². The maximum atomic E-state index is 5.52. The van der Waals surface area contributed by atoms with Gasteiger partial charge in [0.1, 0.15) is 0 Å². The van der Waals surface area contributed by atoms with Crippen molar-refractivity contribution in [3.05, 3.63) is 29.3 Å². The zero-order valence-electron chi connectivity index (χ0n) is 18.6. The lowest BCUT2D eigenvalue weighted by molar-refractivity contribution is 0.0132. The van der Waals surface area contributed by atoms with Gasteiger partial charge in [0.05, 0.1) is 13.2 Å². The van der Waals surface area contributed by atoms with E-state index in [2.05, 4.69) is 78.5 Å². The lowest BCUT2D eigenvalue weighted by Crippen LogP contribution is -2.51. The van der Waals surface area contributed by atoms with E-state index in [0.29, 0.717) is 12.0 Å². The standard InChI is InChI=1S/C22H39N5O/c1-17(2)13-21(27-9-11-28-12-10-27)16-25-22(23-4)24-15-19-7-8-20(26(5)6)14-18(19)3/h7-8,14,17,21H,9-13,15-16H2,1-6H3,(H2,23,24,25). The number of benzene rings is 1. The van der Waals surface area contributed by atoms with Crippen molar-refractivity contribution in [2.75, 3.05) is 58.9 Å². The van der Waals surface area contributed by atoms with Crippen LogP contribution in [0.1, 0.15) is 31.4 Å². The average Bonchev–Trinajstić information content (AvgIpc) is 2.68. The molecule has 2 rings (SSSR count). The Hall–Kier alpha value is -1.79. The molecule has 0 amide bonds. The third-order valence-electron chi connectivity index (χ3n) is 5.32. The molecule has 28 heavy (non-hydrogen) atoms. The molecule has 158 valence electrons. The smallest absolute Gasteiger partial charge is 0.191 e. The van der Waals surface area contributed by atoms with E-state index >= 15 is 0 Å². The first kappa shape index (κ1) is 22.5. The van der Waals surface area contributed by atoms with E-state index in [1.807, 2.05) is 7.05 Å². The third-order valence-corrected chi connectivity index (χ3v) is 5.32. The average molecular weight is 390 g/mol. The molecule has 1 saturated heterocycles. The van der Waals surface area contributed by atoms with Gasteiger partial charge in [-0.1, -0.05) is 19.9 Å². The Morgan fingerprint density at radius 2 is 1.93 bits per heavy atom. The van der Waals surface area contributed by atoms with Gasteiger partial charge in [-0.3, -0.25) is 9.89 Å². The van der Waals surface area contributed by atoms with Crippen molar-refractivity contribution in [3.8, 4) is 0 Å². The lowest BCUT2D eigenvalue weighted by atomic mass is 10.0. The van der Waals surface area contributed by atoms with Gasteiger partial charge in [-0.25, -0.2) is 0 Å². The highest BCUT2D eigenvalue weighted by atomic mass is 16.5. The van der Waals surface area contributed by atoms with Crippen LogP contribution in [0, 0.1) is 12.8 Å². The second-order valence-electron chi connectivity index (χ2n) is 8.24. The highest BCUT2D eigenvalue weighted by Gasteiger charge is 2.22. The van der Waals surface area contributed by atoms with Crippen LogP contribution in [0.2, 0.25) is 0 Å². The number of rotatable bonds is 8. The number of guanidine groups is 1. The summed E-state index contributed by atoms with van der Waals surface area (Å²) in [5, 5.41) is 7.01. The van der Waals surface area contributed by atoms with Gasteiger partial charge < -0.3 is 20.3 Å². The van der Waals surface area contributed by atoms with Gasteiger partial charge in [0.25, 0.3) is 0 Å². The van der Waals surface area contributed by atoms with Crippen LogP contribution in [0.5, 0.6) is 0 Å². The van der Waals surface area contributed by atoms with Crippen molar-refractivity contribution in [1.29, 1.82) is 0 Å². The number of morpholine rings is 1. The number of nitrogens with zero attached hydrogens (tertiary/aromatic N) is 3. The summed E-state index contributed by atoms with van der Waals surface area (Å²) in [4.78, 5) is 9.10. The van der Waals surface area contributed by atoms with Crippen LogP contribution in [0.4, 0.5) is 5.69 Å². The normalized spacial score (nSPS) is 16.9. The molecule has 1 unspecified atom stereocenters. The first-order valence-electron chi connectivity index (χ1n) is 10.4. The number of ether oxygens (including phenoxy) is 1. The quantitative estimate of drug-likeness (QED) is 0.528. The van der Waals surface area contributed by atoms with Gasteiger partial charge in [-0.2, -0.15) is 0 Å². The minimum absolute atomic E-state index is 0.503. The van der Waals surface area contributed by atoms with Crippen molar-refractivity contribution < 1.29 is 4.74 Å². The molecule has 1 heterocycles. The fraction of sp³-hybridized carbons (Fsp3) is 0.682. The topological polar surface area (TPSA) is 52.1 Å². The summed E-state index contributed by atoms with van der Waals surface area (Å²) in [6, 6.07) is 7.09. The summed E-state index contributed by atoms with van der Waals surface area (Å²) in [6.45, 7) is 12.1. The van der Waals surface area contributed by atoms with Gasteiger partial charge >= 0.3 is 0 Å². The van der Waals surface area contributed by atoms with Crippen molar-refractivity contribution in [2.24, 2.45) is 10.9 Å². The van der Waals surface area contributed by atoms with E-state index in [0.717, 1.165) is 45.4 Å². The summed E-state index contributed by atoms with van der Waals surface area (Å²) in [6.07, 6.45) is 1.18. The molecule has 6 nitrogen and oxygen atoms in total. The van der Waals surface area contributed by atoms with Gasteiger partial charge in [0.2, 0.25) is 0 Å². The van der Waals surface area contributed by atoms with Gasteiger partial charge in [0, 0.05) is 59.1 Å². The van der Waals surface area contributed by atoms with E-state index in [1.54, 1.807) is 0 Å². The van der Waals surface area contributed by atoms with Crippen molar-refractivity contribution >= 4 is 11.6 Å². The summed E-state index contributed by atoms with van der Waals surface area (Å²) in [7, 11) is 5.98. The first-order chi connectivity index (χ1) is 13.4. The third kappa shape index (κ3) is 6.99.